The molecule has 0 bridgehead atoms. The van der Waals surface area contributed by atoms with Crippen LogP contribution in [0.25, 0.3) is 0 Å². The summed E-state index contributed by atoms with van der Waals surface area (Å²) >= 11 is 7.77. The minimum absolute atomic E-state index is 0.331. The third-order valence-electron chi connectivity index (χ3n) is 2.87. The van der Waals surface area contributed by atoms with Gasteiger partial charge in [0.2, 0.25) is 0 Å². The molecule has 1 aromatic heterocycles. The van der Waals surface area contributed by atoms with E-state index in [4.69, 9.17) is 22.1 Å². The van der Waals surface area contributed by atoms with Crippen LogP contribution in [0.3, 0.4) is 0 Å². The van der Waals surface area contributed by atoms with Crippen molar-refractivity contribution in [3.8, 4) is 0 Å². The standard InChI is InChI=1S/C14H16ClN3O2S/c1-8-18-10(7-21-8)3-4-17-13-11(14(19)20-2)5-9(16)6-12(13)15/h5-7,17H,3-4,16H2,1-2H3. The molecule has 0 amide bonds. The van der Waals surface area contributed by atoms with E-state index in [2.05, 4.69) is 10.3 Å². The van der Waals surface area contributed by atoms with Crippen molar-refractivity contribution in [1.29, 1.82) is 0 Å². The second-order valence-corrected chi connectivity index (χ2v) is 5.92. The van der Waals surface area contributed by atoms with Crippen LogP contribution in [0.15, 0.2) is 17.5 Å². The van der Waals surface area contributed by atoms with Crippen molar-refractivity contribution in [1.82, 2.24) is 4.98 Å². The maximum Gasteiger partial charge on any atom is 0.340 e. The number of ether oxygens (including phenoxy) is 1. The summed E-state index contributed by atoms with van der Waals surface area (Å²) in [6.07, 6.45) is 0.742. The lowest BCUT2D eigenvalue weighted by molar-refractivity contribution is 0.0602. The molecule has 0 atom stereocenters. The summed E-state index contributed by atoms with van der Waals surface area (Å²) in [7, 11) is 1.32. The number of carbonyl (C=O) groups is 1. The van der Waals surface area contributed by atoms with E-state index in [0.29, 0.717) is 28.5 Å². The van der Waals surface area contributed by atoms with Crippen LogP contribution < -0.4 is 11.1 Å². The molecule has 0 fully saturated rings. The zero-order chi connectivity index (χ0) is 15.4. The van der Waals surface area contributed by atoms with Crippen LogP contribution in [0, 0.1) is 6.92 Å². The van der Waals surface area contributed by atoms with Crippen molar-refractivity contribution >= 4 is 40.3 Å². The minimum Gasteiger partial charge on any atom is -0.465 e. The third kappa shape index (κ3) is 3.86. The number of anilines is 2. The topological polar surface area (TPSA) is 77.2 Å². The number of hydrogen-bond acceptors (Lipinski definition) is 6. The fraction of sp³-hybridized carbons (Fsp3) is 0.286. The Hall–Kier alpha value is -1.79. The molecular formula is C14H16ClN3O2S. The number of nitrogens with zero attached hydrogens (tertiary/aromatic N) is 1. The molecule has 0 unspecified atom stereocenters. The summed E-state index contributed by atoms with van der Waals surface area (Å²) in [4.78, 5) is 16.2. The highest BCUT2D eigenvalue weighted by Gasteiger charge is 2.16. The Morgan fingerprint density at radius 1 is 1.52 bits per heavy atom. The van der Waals surface area contributed by atoms with E-state index in [1.807, 2.05) is 12.3 Å². The second-order valence-electron chi connectivity index (χ2n) is 4.45. The van der Waals surface area contributed by atoms with Crippen LogP contribution >= 0.6 is 22.9 Å². The van der Waals surface area contributed by atoms with E-state index in [1.165, 1.54) is 7.11 Å². The maximum atomic E-state index is 11.8. The van der Waals surface area contributed by atoms with Crippen LogP contribution in [-0.2, 0) is 11.2 Å². The number of rotatable bonds is 5. The van der Waals surface area contributed by atoms with Crippen LogP contribution in [0.4, 0.5) is 11.4 Å². The van der Waals surface area contributed by atoms with Gasteiger partial charge in [-0.2, -0.15) is 0 Å². The second kappa shape index (κ2) is 6.78. The van der Waals surface area contributed by atoms with Gasteiger partial charge in [0, 0.05) is 24.0 Å². The van der Waals surface area contributed by atoms with Crippen molar-refractivity contribution in [2.45, 2.75) is 13.3 Å². The lowest BCUT2D eigenvalue weighted by Crippen LogP contribution is -2.12. The molecule has 0 radical (unpaired) electrons. The van der Waals surface area contributed by atoms with Gasteiger partial charge >= 0.3 is 5.97 Å². The largest absolute Gasteiger partial charge is 0.465 e. The van der Waals surface area contributed by atoms with Crippen LogP contribution in [0.5, 0.6) is 0 Å². The van der Waals surface area contributed by atoms with Crippen molar-refractivity contribution < 1.29 is 9.53 Å². The predicted molar refractivity (Wildman–Crippen MR) is 86.2 cm³/mol. The molecule has 0 aliphatic carbocycles. The highest BCUT2D eigenvalue weighted by atomic mass is 35.5. The van der Waals surface area contributed by atoms with E-state index in [-0.39, 0.29) is 0 Å². The smallest absolute Gasteiger partial charge is 0.340 e. The SMILES string of the molecule is COC(=O)c1cc(N)cc(Cl)c1NCCc1csc(C)n1. The van der Waals surface area contributed by atoms with Gasteiger partial charge in [-0.1, -0.05) is 11.6 Å². The molecule has 0 saturated carbocycles. The van der Waals surface area contributed by atoms with Crippen molar-refractivity contribution in [3.63, 3.8) is 0 Å². The number of thiazole rings is 1. The number of nitrogens with one attached hydrogen (secondary N) is 1. The fourth-order valence-electron chi connectivity index (χ4n) is 1.92. The number of methoxy groups -OCH3 is 1. The number of hydrogen-bond donors (Lipinski definition) is 2. The first-order valence-electron chi connectivity index (χ1n) is 6.33. The van der Waals surface area contributed by atoms with Gasteiger partial charge in [0.15, 0.2) is 0 Å². The van der Waals surface area contributed by atoms with Gasteiger partial charge in [-0.25, -0.2) is 9.78 Å². The molecule has 2 aromatic rings. The van der Waals surface area contributed by atoms with Gasteiger partial charge < -0.3 is 15.8 Å². The van der Waals surface area contributed by atoms with E-state index >= 15 is 0 Å². The van der Waals surface area contributed by atoms with Crippen LogP contribution in [0.2, 0.25) is 5.02 Å². The van der Waals surface area contributed by atoms with E-state index in [1.54, 1.807) is 23.5 Å². The molecule has 1 heterocycles. The van der Waals surface area contributed by atoms with Gasteiger partial charge in [0.25, 0.3) is 0 Å². The zero-order valence-electron chi connectivity index (χ0n) is 11.8. The summed E-state index contributed by atoms with van der Waals surface area (Å²) < 4.78 is 4.75. The summed E-state index contributed by atoms with van der Waals surface area (Å²) in [5.74, 6) is -0.476. The lowest BCUT2D eigenvalue weighted by Gasteiger charge is -2.13. The lowest BCUT2D eigenvalue weighted by atomic mass is 10.1. The molecule has 0 aliphatic heterocycles. The minimum atomic E-state index is -0.476. The van der Waals surface area contributed by atoms with Crippen molar-refractivity contribution in [3.05, 3.63) is 38.8 Å². The molecule has 7 heteroatoms. The molecule has 112 valence electrons. The number of nitrogens with two attached hydrogens (primary N) is 1. The first-order chi connectivity index (χ1) is 10.0. The fourth-order valence-corrected chi connectivity index (χ4v) is 2.86. The Labute approximate surface area is 132 Å². The van der Waals surface area contributed by atoms with E-state index in [0.717, 1.165) is 17.1 Å². The molecule has 0 saturated heterocycles. The number of halogens is 1. The summed E-state index contributed by atoms with van der Waals surface area (Å²) in [5, 5.41) is 6.60. The quantitative estimate of drug-likeness (QED) is 0.652. The number of esters is 1. The monoisotopic (exact) mass is 325 g/mol. The van der Waals surface area contributed by atoms with Gasteiger partial charge in [0.1, 0.15) is 0 Å². The molecule has 5 nitrogen and oxygen atoms in total. The van der Waals surface area contributed by atoms with Crippen molar-refractivity contribution in [2.75, 3.05) is 24.7 Å². The molecule has 3 N–H and O–H groups in total. The predicted octanol–water partition coefficient (Wildman–Crippen LogP) is 3.13. The Morgan fingerprint density at radius 2 is 2.29 bits per heavy atom. The molecule has 2 rings (SSSR count). The Kier molecular flexibility index (Phi) is 5.03. The maximum absolute atomic E-state index is 11.8. The first kappa shape index (κ1) is 15.6. The molecule has 1 aromatic carbocycles. The third-order valence-corrected chi connectivity index (χ3v) is 3.99. The van der Waals surface area contributed by atoms with E-state index < -0.39 is 5.97 Å². The highest BCUT2D eigenvalue weighted by molar-refractivity contribution is 7.09. The molecule has 0 spiro atoms. The highest BCUT2D eigenvalue weighted by Crippen LogP contribution is 2.29. The average molecular weight is 326 g/mol. The van der Waals surface area contributed by atoms with Gasteiger partial charge in [-0.05, 0) is 19.1 Å². The number of aryl methyl sites for hydroxylation is 1. The molecule has 0 aliphatic rings. The molecular weight excluding hydrogens is 310 g/mol. The Balaban J connectivity index is 2.13. The van der Waals surface area contributed by atoms with Gasteiger partial charge in [0.05, 0.1) is 34.1 Å². The van der Waals surface area contributed by atoms with Gasteiger partial charge in [-0.15, -0.1) is 11.3 Å². The van der Waals surface area contributed by atoms with Gasteiger partial charge in [-0.3, -0.25) is 0 Å². The normalized spacial score (nSPS) is 10.4. The van der Waals surface area contributed by atoms with Crippen molar-refractivity contribution in [2.24, 2.45) is 0 Å². The number of benzene rings is 1. The number of carbonyl (C=O) groups excluding carboxylic acids is 1. The zero-order valence-corrected chi connectivity index (χ0v) is 13.3. The summed E-state index contributed by atoms with van der Waals surface area (Å²) in [6.45, 7) is 2.57. The number of aromatic nitrogens is 1. The van der Waals surface area contributed by atoms with Crippen LogP contribution in [0.1, 0.15) is 21.1 Å². The number of nitrogen functional groups attached to an aromatic ring is 1. The average Bonchev–Trinajstić information content (AvgIpc) is 2.85. The molecule has 21 heavy (non-hydrogen) atoms. The first-order valence-corrected chi connectivity index (χ1v) is 7.59. The Morgan fingerprint density at radius 3 is 2.90 bits per heavy atom. The van der Waals surface area contributed by atoms with E-state index in [9.17, 15) is 4.79 Å². The summed E-state index contributed by atoms with van der Waals surface area (Å²) in [6, 6.07) is 3.15. The van der Waals surface area contributed by atoms with Crippen LogP contribution in [-0.4, -0.2) is 24.6 Å². The summed E-state index contributed by atoms with van der Waals surface area (Å²) in [5.41, 5.74) is 8.01. The Bertz CT molecular complexity index is 658.